The van der Waals surface area contributed by atoms with Crippen LogP contribution in [0.1, 0.15) is 28.4 Å². The molecule has 96 valence electrons. The fraction of sp³-hybridized carbons (Fsp3) is 0.417. The van der Waals surface area contributed by atoms with Gasteiger partial charge in [0.05, 0.1) is 6.33 Å². The van der Waals surface area contributed by atoms with Gasteiger partial charge in [-0.15, -0.1) is 0 Å². The van der Waals surface area contributed by atoms with Crippen LogP contribution < -0.4 is 5.32 Å². The molecule has 18 heavy (non-hydrogen) atoms. The minimum atomic E-state index is -0.129. The molecule has 2 aromatic heterocycles. The van der Waals surface area contributed by atoms with Crippen LogP contribution in [0.25, 0.3) is 0 Å². The molecule has 6 heteroatoms. The Bertz CT molecular complexity index is 528. The van der Waals surface area contributed by atoms with Crippen LogP contribution in [0.3, 0.4) is 0 Å². The Hall–Kier alpha value is -2.11. The number of carbonyl (C=O) groups excluding carboxylic acids is 1. The molecule has 2 aromatic rings. The van der Waals surface area contributed by atoms with E-state index in [-0.39, 0.29) is 5.91 Å². The number of nitrogens with zero attached hydrogens (tertiary/aromatic N) is 3. The van der Waals surface area contributed by atoms with E-state index in [1.165, 1.54) is 6.33 Å². The Morgan fingerprint density at radius 1 is 1.44 bits per heavy atom. The fourth-order valence-corrected chi connectivity index (χ4v) is 1.76. The van der Waals surface area contributed by atoms with Gasteiger partial charge in [0.2, 0.25) is 0 Å². The van der Waals surface area contributed by atoms with E-state index in [2.05, 4.69) is 24.8 Å². The summed E-state index contributed by atoms with van der Waals surface area (Å²) in [4.78, 5) is 22.7. The van der Waals surface area contributed by atoms with E-state index < -0.39 is 0 Å². The largest absolute Gasteiger partial charge is 0.351 e. The predicted molar refractivity (Wildman–Crippen MR) is 67.2 cm³/mol. The highest BCUT2D eigenvalue weighted by Crippen LogP contribution is 2.00. The third-order valence-corrected chi connectivity index (χ3v) is 2.83. The summed E-state index contributed by atoms with van der Waals surface area (Å²) in [5.41, 5.74) is 1.26. The molecule has 0 aromatic carbocycles. The summed E-state index contributed by atoms with van der Waals surface area (Å²) >= 11 is 0. The van der Waals surface area contributed by atoms with E-state index in [1.54, 1.807) is 6.20 Å². The third kappa shape index (κ3) is 2.77. The minimum absolute atomic E-state index is 0.129. The molecule has 2 N–H and O–H groups in total. The first-order valence-corrected chi connectivity index (χ1v) is 5.94. The Balaban J connectivity index is 1.75. The average Bonchev–Trinajstić information content (AvgIpc) is 2.94. The molecule has 0 fully saturated rings. The van der Waals surface area contributed by atoms with Gasteiger partial charge in [-0.25, -0.2) is 9.97 Å². The van der Waals surface area contributed by atoms with Crippen molar-refractivity contribution >= 4 is 5.91 Å². The van der Waals surface area contributed by atoms with Gasteiger partial charge >= 0.3 is 0 Å². The molecule has 6 nitrogen and oxygen atoms in total. The SMILES string of the molecule is Cc1[nH]cnc1C(=O)NCCCn1ccnc1C. The maximum absolute atomic E-state index is 11.7. The van der Waals surface area contributed by atoms with Crippen molar-refractivity contribution in [3.05, 3.63) is 35.9 Å². The van der Waals surface area contributed by atoms with Crippen molar-refractivity contribution in [3.8, 4) is 0 Å². The molecule has 0 aliphatic carbocycles. The second kappa shape index (κ2) is 5.48. The molecule has 0 radical (unpaired) electrons. The number of H-pyrrole nitrogens is 1. The summed E-state index contributed by atoms with van der Waals surface area (Å²) in [5.74, 6) is 0.862. The van der Waals surface area contributed by atoms with Crippen molar-refractivity contribution in [2.75, 3.05) is 6.54 Å². The van der Waals surface area contributed by atoms with Gasteiger partial charge < -0.3 is 14.9 Å². The van der Waals surface area contributed by atoms with Crippen molar-refractivity contribution in [2.45, 2.75) is 26.8 Å². The van der Waals surface area contributed by atoms with Crippen LogP contribution in [0.15, 0.2) is 18.7 Å². The molecule has 0 aliphatic heterocycles. The number of aryl methyl sites for hydroxylation is 3. The summed E-state index contributed by atoms with van der Waals surface area (Å²) in [6.45, 7) is 5.27. The van der Waals surface area contributed by atoms with E-state index in [4.69, 9.17) is 0 Å². The zero-order valence-corrected chi connectivity index (χ0v) is 10.6. The molecule has 0 spiro atoms. The van der Waals surface area contributed by atoms with Crippen molar-refractivity contribution in [1.29, 1.82) is 0 Å². The van der Waals surface area contributed by atoms with E-state index in [9.17, 15) is 4.79 Å². The summed E-state index contributed by atoms with van der Waals surface area (Å²) in [6, 6.07) is 0. The molecule has 0 saturated heterocycles. The maximum atomic E-state index is 11.7. The van der Waals surface area contributed by atoms with E-state index in [0.717, 1.165) is 24.5 Å². The van der Waals surface area contributed by atoms with E-state index in [0.29, 0.717) is 12.2 Å². The Labute approximate surface area is 105 Å². The summed E-state index contributed by atoms with van der Waals surface area (Å²) in [6.07, 6.45) is 6.11. The minimum Gasteiger partial charge on any atom is -0.351 e. The van der Waals surface area contributed by atoms with Gasteiger partial charge in [0.15, 0.2) is 0 Å². The first kappa shape index (κ1) is 12.3. The highest BCUT2D eigenvalue weighted by atomic mass is 16.1. The van der Waals surface area contributed by atoms with Gasteiger partial charge in [0.25, 0.3) is 5.91 Å². The van der Waals surface area contributed by atoms with Crippen LogP contribution >= 0.6 is 0 Å². The molecule has 1 amide bonds. The second-order valence-electron chi connectivity index (χ2n) is 4.15. The summed E-state index contributed by atoms with van der Waals surface area (Å²) in [5, 5.41) is 2.85. The van der Waals surface area contributed by atoms with Crippen LogP contribution in [-0.4, -0.2) is 32.0 Å². The smallest absolute Gasteiger partial charge is 0.271 e. The van der Waals surface area contributed by atoms with Crippen molar-refractivity contribution in [3.63, 3.8) is 0 Å². The molecule has 0 unspecified atom stereocenters. The lowest BCUT2D eigenvalue weighted by Crippen LogP contribution is -2.26. The Morgan fingerprint density at radius 3 is 2.89 bits per heavy atom. The number of nitrogens with one attached hydrogen (secondary N) is 2. The summed E-state index contributed by atoms with van der Waals surface area (Å²) < 4.78 is 2.06. The zero-order valence-electron chi connectivity index (χ0n) is 10.6. The lowest BCUT2D eigenvalue weighted by molar-refractivity contribution is 0.0947. The lowest BCUT2D eigenvalue weighted by atomic mass is 10.3. The van der Waals surface area contributed by atoms with Crippen LogP contribution in [0, 0.1) is 13.8 Å². The number of amides is 1. The number of hydrogen-bond donors (Lipinski definition) is 2. The van der Waals surface area contributed by atoms with Gasteiger partial charge in [-0.2, -0.15) is 0 Å². The van der Waals surface area contributed by atoms with Gasteiger partial charge in [0.1, 0.15) is 11.5 Å². The van der Waals surface area contributed by atoms with E-state index >= 15 is 0 Å². The quantitative estimate of drug-likeness (QED) is 0.775. The molecule has 0 aliphatic rings. The van der Waals surface area contributed by atoms with Crippen LogP contribution in [0.5, 0.6) is 0 Å². The standard InChI is InChI=1S/C12H17N5O/c1-9-11(16-8-15-9)12(18)14-4-3-6-17-7-5-13-10(17)2/h5,7-8H,3-4,6H2,1-2H3,(H,14,18)(H,15,16). The highest BCUT2D eigenvalue weighted by molar-refractivity contribution is 5.93. The van der Waals surface area contributed by atoms with E-state index in [1.807, 2.05) is 20.0 Å². The molecular weight excluding hydrogens is 230 g/mol. The maximum Gasteiger partial charge on any atom is 0.271 e. The highest BCUT2D eigenvalue weighted by Gasteiger charge is 2.10. The Morgan fingerprint density at radius 2 is 2.28 bits per heavy atom. The number of hydrogen-bond acceptors (Lipinski definition) is 3. The molecular formula is C12H17N5O. The number of rotatable bonds is 5. The zero-order chi connectivity index (χ0) is 13.0. The molecule has 2 heterocycles. The first-order valence-electron chi connectivity index (χ1n) is 5.94. The monoisotopic (exact) mass is 247 g/mol. The van der Waals surface area contributed by atoms with Crippen molar-refractivity contribution < 1.29 is 4.79 Å². The normalized spacial score (nSPS) is 10.6. The van der Waals surface area contributed by atoms with Crippen molar-refractivity contribution in [2.24, 2.45) is 0 Å². The van der Waals surface area contributed by atoms with Gasteiger partial charge in [-0.3, -0.25) is 4.79 Å². The predicted octanol–water partition coefficient (Wildman–Crippen LogP) is 1.04. The molecule has 0 saturated carbocycles. The first-order chi connectivity index (χ1) is 8.68. The number of aromatic nitrogens is 4. The molecule has 0 bridgehead atoms. The topological polar surface area (TPSA) is 75.6 Å². The van der Waals surface area contributed by atoms with Gasteiger partial charge in [-0.05, 0) is 20.3 Å². The number of carbonyl (C=O) groups is 1. The third-order valence-electron chi connectivity index (χ3n) is 2.83. The van der Waals surface area contributed by atoms with Gasteiger partial charge in [0, 0.05) is 31.2 Å². The fourth-order valence-electron chi connectivity index (χ4n) is 1.76. The average molecular weight is 247 g/mol. The Kier molecular flexibility index (Phi) is 3.76. The molecule has 2 rings (SSSR count). The van der Waals surface area contributed by atoms with Crippen LogP contribution in [0.2, 0.25) is 0 Å². The summed E-state index contributed by atoms with van der Waals surface area (Å²) in [7, 11) is 0. The van der Waals surface area contributed by atoms with Crippen molar-refractivity contribution in [1.82, 2.24) is 24.8 Å². The van der Waals surface area contributed by atoms with Crippen LogP contribution in [0.4, 0.5) is 0 Å². The number of imidazole rings is 2. The lowest BCUT2D eigenvalue weighted by Gasteiger charge is -2.06. The van der Waals surface area contributed by atoms with Crippen LogP contribution in [-0.2, 0) is 6.54 Å². The molecule has 0 atom stereocenters. The number of aromatic amines is 1. The van der Waals surface area contributed by atoms with Gasteiger partial charge in [-0.1, -0.05) is 0 Å². The second-order valence-corrected chi connectivity index (χ2v) is 4.15.